The molecule has 1 heterocycles. The van der Waals surface area contributed by atoms with Gasteiger partial charge in [-0.05, 0) is 0 Å². The predicted octanol–water partition coefficient (Wildman–Crippen LogP) is 0.985. The monoisotopic (exact) mass is 540 g/mol. The van der Waals surface area contributed by atoms with Gasteiger partial charge in [0.1, 0.15) is 6.45 Å². The number of hydrogen-bond donors (Lipinski definition) is 0. The average molecular weight is 545 g/mol. The van der Waals surface area contributed by atoms with E-state index in [2.05, 4.69) is 76.5 Å². The second-order valence-corrected chi connectivity index (χ2v) is 93.0. The van der Waals surface area contributed by atoms with Crippen molar-refractivity contribution in [1.29, 1.82) is 0 Å². The Morgan fingerprint density at radius 3 is 1.70 bits per heavy atom. The first-order valence-electron chi connectivity index (χ1n) is 2.77. The van der Waals surface area contributed by atoms with Crippen molar-refractivity contribution in [2.24, 2.45) is 0 Å². The zero-order valence-corrected chi connectivity index (χ0v) is 18.8. The fraction of sp³-hybridized carbons (Fsp3) is 0. The lowest BCUT2D eigenvalue weighted by molar-refractivity contribution is 3.81. The van der Waals surface area contributed by atoms with Crippen LogP contribution in [-0.4, -0.2) is 32.3 Å². The highest BCUT2D eigenvalue weighted by molar-refractivity contribution is 9.71. The van der Waals surface area contributed by atoms with Gasteiger partial charge in [-0.1, -0.05) is 0 Å². The van der Waals surface area contributed by atoms with Gasteiger partial charge in [0.25, 0.3) is 0 Å². The minimum atomic E-state index is -1.09. The van der Waals surface area contributed by atoms with E-state index in [1.165, 1.54) is 0 Å². The van der Waals surface area contributed by atoms with E-state index < -0.39 is 15.1 Å². The van der Waals surface area contributed by atoms with Crippen LogP contribution in [0, 0.1) is 0 Å². The molecule has 0 N–H and O–H groups in total. The van der Waals surface area contributed by atoms with Gasteiger partial charge in [-0.2, -0.15) is 0 Å². The molecule has 1 fully saturated rings. The first-order chi connectivity index (χ1) is 4.38. The van der Waals surface area contributed by atoms with E-state index in [1.807, 2.05) is 0 Å². The van der Waals surface area contributed by atoms with E-state index in [1.54, 1.807) is 0 Å². The van der Waals surface area contributed by atoms with Crippen LogP contribution in [-0.2, 0) is 0 Å². The van der Waals surface area contributed by atoms with E-state index in [-0.39, 0.29) is 0 Å². The summed E-state index contributed by atoms with van der Waals surface area (Å²) < 4.78 is -2.11. The molecule has 0 radical (unpaired) electrons. The molecule has 0 saturated carbocycles. The maximum Gasteiger partial charge on any atom is 0.208 e. The summed E-state index contributed by atoms with van der Waals surface area (Å²) in [7, 11) is 0.703. The molecule has 1 rings (SSSR count). The molecule has 0 spiro atoms. The van der Waals surface area contributed by atoms with Crippen LogP contribution >= 0.6 is 76.5 Å². The van der Waals surface area contributed by atoms with Crippen LogP contribution < -0.4 is 0 Å². The topological polar surface area (TPSA) is 0 Å². The van der Waals surface area contributed by atoms with Crippen molar-refractivity contribution in [2.75, 3.05) is 0 Å². The van der Waals surface area contributed by atoms with Gasteiger partial charge in [0.15, 0.2) is 4.35 Å². The highest BCUT2D eigenvalue weighted by Gasteiger charge is 2.60. The Bertz CT molecular complexity index is 141. The molecule has 1 atom stereocenters. The van der Waals surface area contributed by atoms with Gasteiger partial charge in [0.05, 0.1) is 0 Å². The summed E-state index contributed by atoms with van der Waals surface area (Å²) >= 11 is 19.6. The van der Waals surface area contributed by atoms with Crippen molar-refractivity contribution in [1.82, 2.24) is 0 Å². The lowest BCUT2D eigenvalue weighted by Crippen LogP contribution is -2.50. The molecule has 1 aliphatic rings. The minimum Gasteiger partial charge on any atom is -0.137 e. The van der Waals surface area contributed by atoms with Gasteiger partial charge >= 0.3 is 0 Å². The summed E-state index contributed by atoms with van der Waals surface area (Å²) in [6, 6.07) is 0. The minimum absolute atomic E-state index is 0.313. The van der Waals surface area contributed by atoms with E-state index in [4.69, 9.17) is 0 Å². The average Bonchev–Trinajstić information content (AvgIpc) is 1.94. The lowest BCUT2D eigenvalue weighted by Gasteiger charge is -2.24. The van der Waals surface area contributed by atoms with Crippen molar-refractivity contribution < 1.29 is 0 Å². The molecule has 1 unspecified atom stereocenters. The second-order valence-electron chi connectivity index (χ2n) is 2.33. The van der Waals surface area contributed by atoms with Gasteiger partial charge in [-0.15, -0.1) is 76.5 Å². The maximum absolute atomic E-state index is 3.94. The fourth-order valence-corrected chi connectivity index (χ4v) is 321. The van der Waals surface area contributed by atoms with E-state index >= 15 is 0 Å². The van der Waals surface area contributed by atoms with Gasteiger partial charge in [0, 0.05) is 17.1 Å². The summed E-state index contributed by atoms with van der Waals surface area (Å²) in [5.74, 6) is 0. The van der Waals surface area contributed by atoms with Crippen LogP contribution in [0.2, 0.25) is 0 Å². The standard InChI is InChI=1S/Br5H5Si5/c1-8-6-7-9(2,3)10(8,4)5/h8H,6-7H2. The molecule has 60 valence electrons. The van der Waals surface area contributed by atoms with Crippen molar-refractivity contribution in [3.05, 3.63) is 0 Å². The van der Waals surface area contributed by atoms with Gasteiger partial charge < -0.3 is 0 Å². The third kappa shape index (κ3) is 2.11. The highest BCUT2D eigenvalue weighted by atomic mass is 79.9. The zero-order valence-electron chi connectivity index (χ0n) is 4.88. The van der Waals surface area contributed by atoms with E-state index in [0.717, 1.165) is 0 Å². The third-order valence-electron chi connectivity index (χ3n) is 1.59. The normalized spacial score (nSPS) is 41.1. The summed E-state index contributed by atoms with van der Waals surface area (Å²) in [5.41, 5.74) is 0. The van der Waals surface area contributed by atoms with Gasteiger partial charge in [-0.3, -0.25) is 0 Å². The van der Waals surface area contributed by atoms with Crippen molar-refractivity contribution >= 4 is 109 Å². The van der Waals surface area contributed by atoms with Crippen molar-refractivity contribution in [3.63, 3.8) is 0 Å². The Labute approximate surface area is 107 Å². The maximum atomic E-state index is 3.94. The van der Waals surface area contributed by atoms with Crippen molar-refractivity contribution in [3.8, 4) is 0 Å². The number of hydrogen-bond acceptors (Lipinski definition) is 0. The zero-order chi connectivity index (χ0) is 7.99. The molecule has 0 aromatic rings. The van der Waals surface area contributed by atoms with Crippen LogP contribution in [0.15, 0.2) is 0 Å². The van der Waals surface area contributed by atoms with Crippen LogP contribution in [0.3, 0.4) is 0 Å². The SMILES string of the molecule is Br[SiH]1[SiH2][SiH2][Si](Br)(Br)[Si]1(Br)Br. The Kier molecular flexibility index (Phi) is 4.54. The van der Waals surface area contributed by atoms with Gasteiger partial charge in [0.2, 0.25) is 4.35 Å². The fourth-order valence-electron chi connectivity index (χ4n) is 0.885. The molecule has 0 aromatic carbocycles. The first-order valence-corrected chi connectivity index (χ1v) is 31.4. The molecule has 0 bridgehead atoms. The Balaban J connectivity index is 2.84. The Morgan fingerprint density at radius 2 is 1.60 bits per heavy atom. The Hall–Kier alpha value is 3.48. The molecule has 0 nitrogen and oxygen atoms in total. The summed E-state index contributed by atoms with van der Waals surface area (Å²) in [6.07, 6.45) is 0. The van der Waals surface area contributed by atoms with E-state index in [9.17, 15) is 0 Å². The van der Waals surface area contributed by atoms with Crippen LogP contribution in [0.5, 0.6) is 0 Å². The second kappa shape index (κ2) is 3.92. The van der Waals surface area contributed by atoms with E-state index in [0.29, 0.717) is 17.1 Å². The molecule has 10 heavy (non-hydrogen) atoms. The summed E-state index contributed by atoms with van der Waals surface area (Å²) in [6.45, 7) is -0.430. The van der Waals surface area contributed by atoms with Crippen molar-refractivity contribution in [2.45, 2.75) is 0 Å². The molecule has 0 aromatic heterocycles. The predicted molar refractivity (Wildman–Crippen MR) is 80.4 cm³/mol. The summed E-state index contributed by atoms with van der Waals surface area (Å²) in [5, 5.41) is 0. The lowest BCUT2D eigenvalue weighted by atomic mass is 26.4. The van der Waals surface area contributed by atoms with Crippen LogP contribution in [0.1, 0.15) is 0 Å². The molecular weight excluding hydrogens is 540 g/mol. The van der Waals surface area contributed by atoms with Crippen LogP contribution in [0.4, 0.5) is 0 Å². The first kappa shape index (κ1) is 11.6. The third-order valence-corrected chi connectivity index (χ3v) is 210. The largest absolute Gasteiger partial charge is 0.208 e. The molecular formula is H5Br5Si5. The molecule has 0 amide bonds. The number of rotatable bonds is 0. The molecule has 10 heteroatoms. The Morgan fingerprint density at radius 1 is 1.10 bits per heavy atom. The summed E-state index contributed by atoms with van der Waals surface area (Å²) in [4.78, 5) is 0. The quantitative estimate of drug-likeness (QED) is 0.315. The molecule has 1 aliphatic heterocycles. The molecule has 1 saturated heterocycles. The number of halogens is 5. The highest BCUT2D eigenvalue weighted by Crippen LogP contribution is 2.45. The smallest absolute Gasteiger partial charge is 0.137 e. The molecule has 0 aliphatic carbocycles. The van der Waals surface area contributed by atoms with Gasteiger partial charge in [-0.25, -0.2) is 0 Å². The van der Waals surface area contributed by atoms with Crippen LogP contribution in [0.25, 0.3) is 0 Å².